The van der Waals surface area contributed by atoms with Crippen molar-refractivity contribution < 1.29 is 8.98 Å². The Hall–Kier alpha value is -2.12. The lowest BCUT2D eigenvalue weighted by Gasteiger charge is -2.29. The van der Waals surface area contributed by atoms with Gasteiger partial charge in [-0.25, -0.2) is 5.43 Å². The lowest BCUT2D eigenvalue weighted by atomic mass is 9.98. The van der Waals surface area contributed by atoms with Crippen LogP contribution >= 0.6 is 24.0 Å². The van der Waals surface area contributed by atoms with Crippen LogP contribution in [0.4, 0.5) is 10.5 Å². The van der Waals surface area contributed by atoms with Crippen LogP contribution in [0.5, 0.6) is 5.75 Å². The van der Waals surface area contributed by atoms with Gasteiger partial charge in [0.1, 0.15) is 5.75 Å². The second-order valence-corrected chi connectivity index (χ2v) is 8.25. The molecule has 2 aromatic carbocycles. The van der Waals surface area contributed by atoms with E-state index in [1.54, 1.807) is 0 Å². The fourth-order valence-corrected chi connectivity index (χ4v) is 4.57. The van der Waals surface area contributed by atoms with Crippen molar-refractivity contribution in [2.45, 2.75) is 25.0 Å². The fraction of sp³-hybridized carbons (Fsp3) is 0.263. The number of thioether (sulfide) groups is 1. The summed E-state index contributed by atoms with van der Waals surface area (Å²) in [5, 5.41) is 4.21. The van der Waals surface area contributed by atoms with Gasteiger partial charge < -0.3 is 4.18 Å². The predicted octanol–water partition coefficient (Wildman–Crippen LogP) is 4.63. The molecule has 0 radical (unpaired) electrons. The smallest absolute Gasteiger partial charge is 0.299 e. The van der Waals surface area contributed by atoms with Gasteiger partial charge in [0.25, 0.3) is 5.24 Å². The zero-order valence-electron chi connectivity index (χ0n) is 14.3. The molecule has 0 aliphatic carbocycles. The van der Waals surface area contributed by atoms with E-state index < -0.39 is 0 Å². The summed E-state index contributed by atoms with van der Waals surface area (Å²) in [4.78, 5) is 11.4. The van der Waals surface area contributed by atoms with Crippen LogP contribution in [0.15, 0.2) is 53.6 Å². The summed E-state index contributed by atoms with van der Waals surface area (Å²) >= 11 is 2.65. The normalized spacial score (nSPS) is 19.4. The highest BCUT2D eigenvalue weighted by Crippen LogP contribution is 2.34. The van der Waals surface area contributed by atoms with Crippen molar-refractivity contribution in [2.24, 2.45) is 5.10 Å². The zero-order valence-corrected chi connectivity index (χ0v) is 16.0. The number of hydrogen-bond donors (Lipinski definition) is 1. The van der Waals surface area contributed by atoms with E-state index in [4.69, 9.17) is 4.18 Å². The van der Waals surface area contributed by atoms with E-state index in [9.17, 15) is 4.79 Å². The molecule has 0 saturated heterocycles. The number of nitrogens with one attached hydrogen (secondary N) is 1. The minimum absolute atomic E-state index is 0.0530. The quantitative estimate of drug-likeness (QED) is 0.614. The summed E-state index contributed by atoms with van der Waals surface area (Å²) in [6.07, 6.45) is 2.11. The number of hydrazone groups is 1. The van der Waals surface area contributed by atoms with Crippen LogP contribution in [0, 0.1) is 0 Å². The van der Waals surface area contributed by atoms with Crippen molar-refractivity contribution in [2.75, 3.05) is 10.8 Å². The van der Waals surface area contributed by atoms with Gasteiger partial charge >= 0.3 is 0 Å². The Morgan fingerprint density at radius 2 is 2.12 bits per heavy atom. The maximum atomic E-state index is 11.4. The molecule has 1 amide bonds. The van der Waals surface area contributed by atoms with Crippen LogP contribution in [0.1, 0.15) is 24.5 Å². The van der Waals surface area contributed by atoms with Crippen LogP contribution in [0.25, 0.3) is 0 Å². The molecular weight excluding hydrogens is 366 g/mol. The Labute approximate surface area is 161 Å². The van der Waals surface area contributed by atoms with Crippen molar-refractivity contribution in [3.63, 3.8) is 0 Å². The Morgan fingerprint density at radius 1 is 1.27 bits per heavy atom. The monoisotopic (exact) mass is 385 g/mol. The molecule has 26 heavy (non-hydrogen) atoms. The molecular formula is C19H19N3O2S2. The number of amides is 1. The van der Waals surface area contributed by atoms with Gasteiger partial charge in [0, 0.05) is 6.54 Å². The number of rotatable bonds is 4. The molecule has 2 aliphatic heterocycles. The lowest BCUT2D eigenvalue weighted by molar-refractivity contribution is 0.261. The van der Waals surface area contributed by atoms with Crippen LogP contribution in [0.2, 0.25) is 0 Å². The highest BCUT2D eigenvalue weighted by Gasteiger charge is 2.25. The minimum Gasteiger partial charge on any atom is -0.405 e. The molecule has 7 heteroatoms. The van der Waals surface area contributed by atoms with Crippen LogP contribution in [-0.4, -0.2) is 22.7 Å². The molecule has 0 saturated carbocycles. The van der Waals surface area contributed by atoms with Gasteiger partial charge in [-0.15, -0.1) is 0 Å². The van der Waals surface area contributed by atoms with E-state index in [1.165, 1.54) is 35.2 Å². The standard InChI is InChI=1S/C19H19N3O2S2/c1-13-18(20-21-19(23)25-13)15-9-10-17-14(12-15)6-5-11-22(17)26-24-16-7-3-2-4-8-16/h2-4,7-10,12-13H,5-6,11H2,1H3,(H,21,23). The first-order chi connectivity index (χ1) is 12.7. The van der Waals surface area contributed by atoms with E-state index in [-0.39, 0.29) is 10.5 Å². The van der Waals surface area contributed by atoms with E-state index in [2.05, 4.69) is 33.0 Å². The molecule has 0 spiro atoms. The largest absolute Gasteiger partial charge is 0.405 e. The zero-order chi connectivity index (χ0) is 17.9. The number of carbonyl (C=O) groups is 1. The first-order valence-corrected chi connectivity index (χ1v) is 10.1. The second kappa shape index (κ2) is 7.63. The summed E-state index contributed by atoms with van der Waals surface area (Å²) in [6, 6.07) is 16.2. The molecule has 1 unspecified atom stereocenters. The van der Waals surface area contributed by atoms with Gasteiger partial charge in [-0.05, 0) is 55.2 Å². The topological polar surface area (TPSA) is 53.9 Å². The molecule has 1 N–H and O–H groups in total. The Morgan fingerprint density at radius 3 is 2.92 bits per heavy atom. The van der Waals surface area contributed by atoms with Crippen molar-refractivity contribution >= 4 is 40.6 Å². The molecule has 2 heterocycles. The third kappa shape index (κ3) is 3.68. The Balaban J connectivity index is 1.53. The van der Waals surface area contributed by atoms with Crippen molar-refractivity contribution in [1.29, 1.82) is 0 Å². The average Bonchev–Trinajstić information content (AvgIpc) is 2.66. The van der Waals surface area contributed by atoms with Gasteiger partial charge in [-0.3, -0.25) is 9.10 Å². The fourth-order valence-electron chi connectivity index (χ4n) is 3.10. The first kappa shape index (κ1) is 17.3. The molecule has 0 fully saturated rings. The highest BCUT2D eigenvalue weighted by molar-refractivity contribution is 8.14. The van der Waals surface area contributed by atoms with E-state index in [0.717, 1.165) is 36.4 Å². The van der Waals surface area contributed by atoms with Crippen molar-refractivity contribution in [3.8, 4) is 5.75 Å². The minimum atomic E-state index is -0.0974. The average molecular weight is 386 g/mol. The van der Waals surface area contributed by atoms with Crippen LogP contribution in [0.3, 0.4) is 0 Å². The summed E-state index contributed by atoms with van der Waals surface area (Å²) in [6.45, 7) is 2.96. The molecule has 0 aromatic heterocycles. The summed E-state index contributed by atoms with van der Waals surface area (Å²) in [5.74, 6) is 0.847. The van der Waals surface area contributed by atoms with Gasteiger partial charge in [0.2, 0.25) is 0 Å². The number of carbonyl (C=O) groups excluding carboxylic acids is 1. The lowest BCUT2D eigenvalue weighted by Crippen LogP contribution is -2.30. The molecule has 134 valence electrons. The third-order valence-electron chi connectivity index (χ3n) is 4.35. The first-order valence-electron chi connectivity index (χ1n) is 8.55. The predicted molar refractivity (Wildman–Crippen MR) is 109 cm³/mol. The Bertz CT molecular complexity index is 842. The summed E-state index contributed by atoms with van der Waals surface area (Å²) in [7, 11) is 0. The molecule has 1 atom stereocenters. The van der Waals surface area contributed by atoms with E-state index >= 15 is 0 Å². The number of para-hydroxylation sites is 1. The number of benzene rings is 2. The van der Waals surface area contributed by atoms with Gasteiger partial charge in [0.05, 0.1) is 16.6 Å². The van der Waals surface area contributed by atoms with E-state index in [0.29, 0.717) is 0 Å². The third-order valence-corrected chi connectivity index (χ3v) is 6.06. The SMILES string of the molecule is CC1SC(=O)NN=C1c1ccc2c(c1)CCCN2SOc1ccccc1. The maximum Gasteiger partial charge on any atom is 0.299 e. The number of nitrogens with zero attached hydrogens (tertiary/aromatic N) is 2. The highest BCUT2D eigenvalue weighted by atomic mass is 32.2. The number of anilines is 1. The molecule has 2 aliphatic rings. The molecule has 5 nitrogen and oxygen atoms in total. The molecule has 4 rings (SSSR count). The molecule has 0 bridgehead atoms. The number of aryl methyl sites for hydroxylation is 1. The van der Waals surface area contributed by atoms with Gasteiger partial charge in [0.15, 0.2) is 12.2 Å². The summed E-state index contributed by atoms with van der Waals surface area (Å²) in [5.41, 5.74) is 7.02. The van der Waals surface area contributed by atoms with Crippen molar-refractivity contribution in [1.82, 2.24) is 5.43 Å². The number of fused-ring (bicyclic) bond motifs is 1. The van der Waals surface area contributed by atoms with E-state index in [1.807, 2.05) is 37.3 Å². The van der Waals surface area contributed by atoms with Crippen LogP contribution < -0.4 is 13.9 Å². The maximum absolute atomic E-state index is 11.4. The van der Waals surface area contributed by atoms with Crippen molar-refractivity contribution in [3.05, 3.63) is 59.7 Å². The second-order valence-electron chi connectivity index (χ2n) is 6.18. The van der Waals surface area contributed by atoms with Gasteiger partial charge in [-0.2, -0.15) is 5.10 Å². The van der Waals surface area contributed by atoms with Gasteiger partial charge in [-0.1, -0.05) is 36.0 Å². The Kier molecular flexibility index (Phi) is 5.08. The molecule has 2 aromatic rings. The van der Waals surface area contributed by atoms with Crippen LogP contribution in [-0.2, 0) is 6.42 Å². The summed E-state index contributed by atoms with van der Waals surface area (Å²) < 4.78 is 8.04. The number of hydrogen-bond acceptors (Lipinski definition) is 6.